The van der Waals surface area contributed by atoms with Crippen LogP contribution in [0.4, 0.5) is 5.69 Å². The van der Waals surface area contributed by atoms with Gasteiger partial charge in [-0.2, -0.15) is 0 Å². The minimum atomic E-state index is -3.48. The number of halogens is 1. The lowest BCUT2D eigenvalue weighted by Gasteiger charge is -2.23. The van der Waals surface area contributed by atoms with Gasteiger partial charge < -0.3 is 15.4 Å². The molecule has 1 saturated heterocycles. The van der Waals surface area contributed by atoms with Crippen molar-refractivity contribution in [1.82, 2.24) is 10.0 Å². The van der Waals surface area contributed by atoms with Crippen molar-refractivity contribution < 1.29 is 17.9 Å². The molecule has 1 atom stereocenters. The zero-order valence-corrected chi connectivity index (χ0v) is 15.2. The fraction of sp³-hybridized carbons (Fsp3) is 0.533. The molecule has 1 aliphatic heterocycles. The summed E-state index contributed by atoms with van der Waals surface area (Å²) in [5.74, 6) is -0.132. The van der Waals surface area contributed by atoms with E-state index in [1.165, 1.54) is 12.1 Å². The molecule has 1 aromatic carbocycles. The lowest BCUT2D eigenvalue weighted by Crippen LogP contribution is -2.43. The van der Waals surface area contributed by atoms with Crippen molar-refractivity contribution in [1.29, 1.82) is 0 Å². The number of rotatable bonds is 7. The van der Waals surface area contributed by atoms with Crippen LogP contribution >= 0.6 is 12.4 Å². The van der Waals surface area contributed by atoms with E-state index in [1.54, 1.807) is 12.1 Å². The Morgan fingerprint density at radius 3 is 2.62 bits per heavy atom. The van der Waals surface area contributed by atoms with Gasteiger partial charge in [-0.3, -0.25) is 4.79 Å². The fourth-order valence-electron chi connectivity index (χ4n) is 2.22. The molecule has 9 heteroatoms. The van der Waals surface area contributed by atoms with Gasteiger partial charge in [0.15, 0.2) is 0 Å². The van der Waals surface area contributed by atoms with E-state index in [9.17, 15) is 13.2 Å². The van der Waals surface area contributed by atoms with Crippen molar-refractivity contribution in [3.8, 4) is 0 Å². The molecule has 1 aromatic rings. The smallest absolute Gasteiger partial charge is 0.240 e. The monoisotopic (exact) mass is 377 g/mol. The molecule has 136 valence electrons. The van der Waals surface area contributed by atoms with Crippen LogP contribution in [0.25, 0.3) is 0 Å². The highest BCUT2D eigenvalue weighted by Gasteiger charge is 2.17. The zero-order valence-electron chi connectivity index (χ0n) is 13.6. The summed E-state index contributed by atoms with van der Waals surface area (Å²) in [5, 5.41) is 5.97. The molecule has 0 spiro atoms. The Labute approximate surface area is 149 Å². The maximum absolute atomic E-state index is 12.0. The molecular weight excluding hydrogens is 354 g/mol. The van der Waals surface area contributed by atoms with Crippen LogP contribution in [-0.2, 0) is 19.6 Å². The second kappa shape index (κ2) is 9.95. The molecule has 1 amide bonds. The van der Waals surface area contributed by atoms with Crippen molar-refractivity contribution in [2.45, 2.75) is 30.7 Å². The second-order valence-corrected chi connectivity index (χ2v) is 7.17. The number of amides is 1. The molecule has 3 N–H and O–H groups in total. The van der Waals surface area contributed by atoms with Gasteiger partial charge in [-0.15, -0.1) is 12.4 Å². The van der Waals surface area contributed by atoms with E-state index in [1.807, 2.05) is 6.92 Å². The Morgan fingerprint density at radius 1 is 1.33 bits per heavy atom. The number of benzene rings is 1. The lowest BCUT2D eigenvalue weighted by atomic mass is 10.2. The van der Waals surface area contributed by atoms with E-state index in [-0.39, 0.29) is 29.3 Å². The first-order valence-corrected chi connectivity index (χ1v) is 9.20. The minimum absolute atomic E-state index is 0. The topological polar surface area (TPSA) is 96.5 Å². The molecule has 1 aliphatic rings. The number of hydrogen-bond acceptors (Lipinski definition) is 5. The van der Waals surface area contributed by atoms with E-state index < -0.39 is 10.0 Å². The predicted molar refractivity (Wildman–Crippen MR) is 95.0 cm³/mol. The lowest BCUT2D eigenvalue weighted by molar-refractivity contribution is -0.117. The van der Waals surface area contributed by atoms with Gasteiger partial charge in [0.25, 0.3) is 0 Å². The predicted octanol–water partition coefficient (Wildman–Crippen LogP) is 1.11. The van der Waals surface area contributed by atoms with E-state index in [2.05, 4.69) is 15.4 Å². The number of carbonyl (C=O) groups is 1. The molecule has 0 aliphatic carbocycles. The van der Waals surface area contributed by atoms with Gasteiger partial charge in [-0.25, -0.2) is 13.1 Å². The first kappa shape index (κ1) is 20.9. The highest BCUT2D eigenvalue weighted by atomic mass is 35.5. The average molecular weight is 378 g/mol. The normalized spacial score (nSPS) is 17.8. The van der Waals surface area contributed by atoms with E-state index in [0.29, 0.717) is 31.9 Å². The SMILES string of the molecule is CCCNS(=O)(=O)c1ccc(NC(=O)CC2COCCN2)cc1.Cl. The minimum Gasteiger partial charge on any atom is -0.378 e. The third-order valence-electron chi connectivity index (χ3n) is 3.42. The summed E-state index contributed by atoms with van der Waals surface area (Å²) in [6.07, 6.45) is 1.05. The summed E-state index contributed by atoms with van der Waals surface area (Å²) in [4.78, 5) is 12.2. The van der Waals surface area contributed by atoms with Crippen LogP contribution < -0.4 is 15.4 Å². The van der Waals surface area contributed by atoms with Crippen LogP contribution in [0, 0.1) is 0 Å². The molecule has 0 radical (unpaired) electrons. The highest BCUT2D eigenvalue weighted by Crippen LogP contribution is 2.14. The molecule has 1 heterocycles. The van der Waals surface area contributed by atoms with Crippen LogP contribution in [0.2, 0.25) is 0 Å². The number of morpholine rings is 1. The zero-order chi connectivity index (χ0) is 16.7. The first-order chi connectivity index (χ1) is 11.0. The average Bonchev–Trinajstić information content (AvgIpc) is 2.54. The van der Waals surface area contributed by atoms with Crippen LogP contribution in [-0.4, -0.2) is 46.7 Å². The Kier molecular flexibility index (Phi) is 8.65. The van der Waals surface area contributed by atoms with Crippen molar-refractivity contribution in [2.24, 2.45) is 0 Å². The van der Waals surface area contributed by atoms with Gasteiger partial charge >= 0.3 is 0 Å². The molecule has 0 aromatic heterocycles. The largest absolute Gasteiger partial charge is 0.378 e. The Balaban J connectivity index is 0.00000288. The molecule has 7 nitrogen and oxygen atoms in total. The van der Waals surface area contributed by atoms with Crippen molar-refractivity contribution in [2.75, 3.05) is 31.6 Å². The van der Waals surface area contributed by atoms with Crippen molar-refractivity contribution in [3.63, 3.8) is 0 Å². The number of nitrogens with one attached hydrogen (secondary N) is 3. The van der Waals surface area contributed by atoms with E-state index >= 15 is 0 Å². The highest BCUT2D eigenvalue weighted by molar-refractivity contribution is 7.89. The molecule has 2 rings (SSSR count). The maximum Gasteiger partial charge on any atom is 0.240 e. The summed E-state index contributed by atoms with van der Waals surface area (Å²) in [6, 6.07) is 6.15. The van der Waals surface area contributed by atoms with Crippen LogP contribution in [0.15, 0.2) is 29.2 Å². The number of hydrogen-bond donors (Lipinski definition) is 3. The standard InChI is InChI=1S/C15H23N3O4S.ClH/c1-2-7-17-23(20,21)14-5-3-12(4-6-14)18-15(19)10-13-11-22-9-8-16-13;/h3-6,13,16-17H,2,7-11H2,1H3,(H,18,19);1H. The molecule has 0 bridgehead atoms. The van der Waals surface area contributed by atoms with E-state index in [0.717, 1.165) is 13.0 Å². The quantitative estimate of drug-likeness (QED) is 0.661. The molecular formula is C15H24ClN3O4S. The third-order valence-corrected chi connectivity index (χ3v) is 4.90. The molecule has 1 fully saturated rings. The number of ether oxygens (including phenoxy) is 1. The molecule has 24 heavy (non-hydrogen) atoms. The Bertz CT molecular complexity index is 616. The summed E-state index contributed by atoms with van der Waals surface area (Å²) in [5.41, 5.74) is 0.571. The second-order valence-electron chi connectivity index (χ2n) is 5.40. The summed E-state index contributed by atoms with van der Waals surface area (Å²) in [6.45, 7) is 4.23. The fourth-order valence-corrected chi connectivity index (χ4v) is 3.36. The van der Waals surface area contributed by atoms with Gasteiger partial charge in [0.2, 0.25) is 15.9 Å². The first-order valence-electron chi connectivity index (χ1n) is 7.72. The van der Waals surface area contributed by atoms with Gasteiger partial charge in [0.1, 0.15) is 0 Å². The van der Waals surface area contributed by atoms with Crippen molar-refractivity contribution >= 4 is 34.0 Å². The Morgan fingerprint density at radius 2 is 2.04 bits per heavy atom. The molecule has 0 saturated carbocycles. The van der Waals surface area contributed by atoms with Gasteiger partial charge in [-0.05, 0) is 30.7 Å². The Hall–Kier alpha value is -1.19. The van der Waals surface area contributed by atoms with Crippen LogP contribution in [0.1, 0.15) is 19.8 Å². The van der Waals surface area contributed by atoms with Gasteiger partial charge in [0, 0.05) is 31.2 Å². The number of anilines is 1. The summed E-state index contributed by atoms with van der Waals surface area (Å²) >= 11 is 0. The maximum atomic E-state index is 12.0. The molecule has 1 unspecified atom stereocenters. The summed E-state index contributed by atoms with van der Waals surface area (Å²) in [7, 11) is -3.48. The number of carbonyl (C=O) groups excluding carboxylic acids is 1. The van der Waals surface area contributed by atoms with Crippen molar-refractivity contribution in [3.05, 3.63) is 24.3 Å². The number of sulfonamides is 1. The summed E-state index contributed by atoms with van der Waals surface area (Å²) < 4.78 is 31.7. The van der Waals surface area contributed by atoms with Gasteiger partial charge in [-0.1, -0.05) is 6.92 Å². The van der Waals surface area contributed by atoms with Crippen LogP contribution in [0.3, 0.4) is 0 Å². The van der Waals surface area contributed by atoms with E-state index in [4.69, 9.17) is 4.74 Å². The van der Waals surface area contributed by atoms with Gasteiger partial charge in [0.05, 0.1) is 18.1 Å². The third kappa shape index (κ3) is 6.37. The van der Waals surface area contributed by atoms with Crippen LogP contribution in [0.5, 0.6) is 0 Å².